The Morgan fingerprint density at radius 3 is 2.73 bits per heavy atom. The molecule has 2 N–H and O–H groups in total. The van der Waals surface area contributed by atoms with Crippen LogP contribution in [0, 0.1) is 6.92 Å². The van der Waals surface area contributed by atoms with Crippen molar-refractivity contribution in [2.24, 2.45) is 0 Å². The van der Waals surface area contributed by atoms with Gasteiger partial charge < -0.3 is 15.5 Å². The molecule has 1 atom stereocenters. The van der Waals surface area contributed by atoms with Crippen molar-refractivity contribution in [2.45, 2.75) is 38.8 Å². The molecule has 1 aromatic heterocycles. The summed E-state index contributed by atoms with van der Waals surface area (Å²) in [5.41, 5.74) is 3.08. The summed E-state index contributed by atoms with van der Waals surface area (Å²) in [4.78, 5) is 23.6. The summed E-state index contributed by atoms with van der Waals surface area (Å²) in [7, 11) is 3.68. The van der Waals surface area contributed by atoms with Crippen LogP contribution in [-0.4, -0.2) is 41.4 Å². The number of nitrogens with zero attached hydrogens (tertiary/aromatic N) is 3. The average molecular weight is 353 g/mol. The predicted octanol–water partition coefficient (Wildman–Crippen LogP) is 2.45. The maximum atomic E-state index is 12.6. The van der Waals surface area contributed by atoms with Crippen molar-refractivity contribution in [3.05, 3.63) is 53.0 Å². The van der Waals surface area contributed by atoms with Crippen LogP contribution in [0.4, 0.5) is 5.82 Å². The Hall–Kier alpha value is -2.47. The Labute approximate surface area is 155 Å². The number of benzene rings is 1. The molecule has 1 saturated heterocycles. The van der Waals surface area contributed by atoms with Gasteiger partial charge >= 0.3 is 0 Å². The van der Waals surface area contributed by atoms with E-state index in [9.17, 15) is 4.79 Å². The van der Waals surface area contributed by atoms with Gasteiger partial charge in [-0.15, -0.1) is 0 Å². The molecule has 3 rings (SSSR count). The number of anilines is 1. The van der Waals surface area contributed by atoms with Crippen LogP contribution in [0.1, 0.15) is 41.5 Å². The summed E-state index contributed by atoms with van der Waals surface area (Å²) in [6.45, 7) is 3.52. The number of likely N-dealkylation sites (N-methyl/N-ethyl adjacent to an activating group) is 1. The molecular weight excluding hydrogens is 326 g/mol. The van der Waals surface area contributed by atoms with Gasteiger partial charge in [-0.25, -0.2) is 9.97 Å². The minimum atomic E-state index is 0.0824. The smallest absolute Gasteiger partial charge is 0.227 e. The number of nitrogens with one attached hydrogen (secondary N) is 2. The van der Waals surface area contributed by atoms with Crippen molar-refractivity contribution in [3.8, 4) is 0 Å². The maximum absolute atomic E-state index is 12.6. The molecular formula is C20H27N5O. The molecule has 1 fully saturated rings. The number of carbonyl (C=O) groups is 1. The monoisotopic (exact) mass is 353 g/mol. The summed E-state index contributed by atoms with van der Waals surface area (Å²) in [6, 6.07) is 10.2. The number of aromatic nitrogens is 2. The van der Waals surface area contributed by atoms with Gasteiger partial charge in [0, 0.05) is 20.2 Å². The molecule has 0 unspecified atom stereocenters. The molecule has 1 aromatic carbocycles. The summed E-state index contributed by atoms with van der Waals surface area (Å²) >= 11 is 0. The topological polar surface area (TPSA) is 70.2 Å². The van der Waals surface area contributed by atoms with E-state index < -0.39 is 0 Å². The van der Waals surface area contributed by atoms with E-state index >= 15 is 0 Å². The molecule has 1 aliphatic heterocycles. The highest BCUT2D eigenvalue weighted by Crippen LogP contribution is 2.22. The van der Waals surface area contributed by atoms with E-state index in [1.807, 2.05) is 51.4 Å². The molecule has 138 valence electrons. The van der Waals surface area contributed by atoms with E-state index in [1.165, 1.54) is 5.56 Å². The Morgan fingerprint density at radius 2 is 2.08 bits per heavy atom. The first-order valence-electron chi connectivity index (χ1n) is 9.13. The Kier molecular flexibility index (Phi) is 5.83. The zero-order chi connectivity index (χ0) is 18.5. The van der Waals surface area contributed by atoms with Gasteiger partial charge in [0.1, 0.15) is 11.6 Å². The molecule has 0 spiro atoms. The van der Waals surface area contributed by atoms with Crippen LogP contribution in [0.5, 0.6) is 0 Å². The third kappa shape index (κ3) is 4.58. The van der Waals surface area contributed by atoms with Crippen LogP contribution >= 0.6 is 0 Å². The molecule has 2 heterocycles. The normalized spacial score (nSPS) is 16.5. The molecule has 1 amide bonds. The highest BCUT2D eigenvalue weighted by molar-refractivity contribution is 5.78. The second-order valence-electron chi connectivity index (χ2n) is 6.91. The van der Waals surface area contributed by atoms with Gasteiger partial charge in [-0.3, -0.25) is 4.79 Å². The second-order valence-corrected chi connectivity index (χ2v) is 6.91. The zero-order valence-corrected chi connectivity index (χ0v) is 15.7. The lowest BCUT2D eigenvalue weighted by atomic mass is 10.1. The molecule has 6 heteroatoms. The predicted molar refractivity (Wildman–Crippen MR) is 103 cm³/mol. The van der Waals surface area contributed by atoms with E-state index in [0.29, 0.717) is 13.0 Å². The van der Waals surface area contributed by atoms with Crippen LogP contribution in [0.15, 0.2) is 30.3 Å². The zero-order valence-electron chi connectivity index (χ0n) is 15.7. The molecule has 0 aliphatic carbocycles. The summed E-state index contributed by atoms with van der Waals surface area (Å²) in [5, 5.41) is 6.53. The quantitative estimate of drug-likeness (QED) is 0.835. The first-order valence-corrected chi connectivity index (χ1v) is 9.13. The maximum Gasteiger partial charge on any atom is 0.227 e. The van der Waals surface area contributed by atoms with Gasteiger partial charge in [0.15, 0.2) is 0 Å². The van der Waals surface area contributed by atoms with Crippen LogP contribution < -0.4 is 10.6 Å². The number of amides is 1. The fourth-order valence-electron chi connectivity index (χ4n) is 3.13. The third-order valence-electron chi connectivity index (χ3n) is 4.73. The van der Waals surface area contributed by atoms with Crippen molar-refractivity contribution in [1.29, 1.82) is 0 Å². The standard InChI is InChI=1S/C20H27N5O/c1-14-6-8-15(9-7-14)11-19(26)25(3)13-16-12-18(21-2)24-20(23-16)17-5-4-10-22-17/h6-9,12,17,22H,4-5,10-11,13H2,1-3H3,(H,21,23,24)/t17-/m0/s1. The molecule has 2 aromatic rings. The first-order chi connectivity index (χ1) is 12.5. The lowest BCUT2D eigenvalue weighted by molar-refractivity contribution is -0.129. The molecule has 6 nitrogen and oxygen atoms in total. The number of carbonyl (C=O) groups excluding carboxylic acids is 1. The Morgan fingerprint density at radius 1 is 1.31 bits per heavy atom. The van der Waals surface area contributed by atoms with Gasteiger partial charge in [-0.05, 0) is 31.9 Å². The highest BCUT2D eigenvalue weighted by Gasteiger charge is 2.21. The SMILES string of the molecule is CNc1cc(CN(C)C(=O)Cc2ccc(C)cc2)nc([C@@H]2CCCN2)n1. The Bertz CT molecular complexity index is 753. The van der Waals surface area contributed by atoms with Crippen LogP contribution in [-0.2, 0) is 17.8 Å². The molecule has 1 aliphatic rings. The minimum Gasteiger partial charge on any atom is -0.373 e. The minimum absolute atomic E-state index is 0.0824. The Balaban J connectivity index is 1.69. The van der Waals surface area contributed by atoms with Gasteiger partial charge in [-0.2, -0.15) is 0 Å². The van der Waals surface area contributed by atoms with Crippen LogP contribution in [0.2, 0.25) is 0 Å². The largest absolute Gasteiger partial charge is 0.373 e. The van der Waals surface area contributed by atoms with Crippen molar-refractivity contribution < 1.29 is 4.79 Å². The van der Waals surface area contributed by atoms with Crippen molar-refractivity contribution in [2.75, 3.05) is 26.0 Å². The third-order valence-corrected chi connectivity index (χ3v) is 4.73. The van der Waals surface area contributed by atoms with E-state index in [2.05, 4.69) is 15.6 Å². The number of rotatable bonds is 6. The van der Waals surface area contributed by atoms with Crippen molar-refractivity contribution in [1.82, 2.24) is 20.2 Å². The molecule has 0 bridgehead atoms. The number of aryl methyl sites for hydroxylation is 1. The van der Waals surface area contributed by atoms with Gasteiger partial charge in [0.2, 0.25) is 5.91 Å². The van der Waals surface area contributed by atoms with E-state index in [1.54, 1.807) is 4.90 Å². The van der Waals surface area contributed by atoms with E-state index in [4.69, 9.17) is 4.98 Å². The van der Waals surface area contributed by atoms with Crippen LogP contribution in [0.25, 0.3) is 0 Å². The van der Waals surface area contributed by atoms with Gasteiger partial charge in [0.25, 0.3) is 0 Å². The average Bonchev–Trinajstić information content (AvgIpc) is 3.18. The fraction of sp³-hybridized carbons (Fsp3) is 0.450. The van der Waals surface area contributed by atoms with Gasteiger partial charge in [-0.1, -0.05) is 29.8 Å². The van der Waals surface area contributed by atoms with Crippen LogP contribution in [0.3, 0.4) is 0 Å². The molecule has 0 saturated carbocycles. The van der Waals surface area contributed by atoms with Crippen molar-refractivity contribution in [3.63, 3.8) is 0 Å². The highest BCUT2D eigenvalue weighted by atomic mass is 16.2. The summed E-state index contributed by atoms with van der Waals surface area (Å²) in [6.07, 6.45) is 2.59. The molecule has 0 radical (unpaired) electrons. The number of hydrogen-bond acceptors (Lipinski definition) is 5. The number of hydrogen-bond donors (Lipinski definition) is 2. The second kappa shape index (κ2) is 8.27. The van der Waals surface area contributed by atoms with E-state index in [0.717, 1.165) is 42.3 Å². The fourth-order valence-corrected chi connectivity index (χ4v) is 3.13. The lowest BCUT2D eigenvalue weighted by Crippen LogP contribution is -2.28. The molecule has 26 heavy (non-hydrogen) atoms. The summed E-state index contributed by atoms with van der Waals surface area (Å²) in [5.74, 6) is 1.68. The summed E-state index contributed by atoms with van der Waals surface area (Å²) < 4.78 is 0. The van der Waals surface area contributed by atoms with Gasteiger partial charge in [0.05, 0.1) is 24.7 Å². The van der Waals surface area contributed by atoms with E-state index in [-0.39, 0.29) is 11.9 Å². The van der Waals surface area contributed by atoms with Crippen molar-refractivity contribution >= 4 is 11.7 Å². The first kappa shape index (κ1) is 18.3. The lowest BCUT2D eigenvalue weighted by Gasteiger charge is -2.19.